The zero-order valence-corrected chi connectivity index (χ0v) is 14.4. The van der Waals surface area contributed by atoms with Crippen molar-refractivity contribution in [1.29, 1.82) is 0 Å². The van der Waals surface area contributed by atoms with E-state index in [1.54, 1.807) is 7.11 Å². The molecule has 3 rings (SSSR count). The molecule has 2 bridgehead atoms. The average molecular weight is 310 g/mol. The molecule has 0 unspecified atom stereocenters. The minimum absolute atomic E-state index is 0.131. The summed E-state index contributed by atoms with van der Waals surface area (Å²) in [7, 11) is 1.68. The van der Waals surface area contributed by atoms with Gasteiger partial charge in [0.15, 0.2) is 0 Å². The monoisotopic (exact) mass is 310 g/mol. The third-order valence-corrected chi connectivity index (χ3v) is 5.04. The van der Waals surface area contributed by atoms with Gasteiger partial charge >= 0.3 is 0 Å². The van der Waals surface area contributed by atoms with E-state index in [-0.39, 0.29) is 5.54 Å². The number of allylic oxidation sites excluding steroid dienone is 2. The van der Waals surface area contributed by atoms with Crippen LogP contribution in [0, 0.1) is 5.92 Å². The van der Waals surface area contributed by atoms with Crippen molar-refractivity contribution in [2.24, 2.45) is 5.92 Å². The van der Waals surface area contributed by atoms with Gasteiger partial charge in [-0.15, -0.1) is 6.58 Å². The number of aromatic nitrogens is 1. The normalized spacial score (nSPS) is 27.3. The predicted molar refractivity (Wildman–Crippen MR) is 94.6 cm³/mol. The highest BCUT2D eigenvalue weighted by molar-refractivity contribution is 5.50. The first-order chi connectivity index (χ1) is 11.1. The van der Waals surface area contributed by atoms with Gasteiger partial charge in [-0.1, -0.05) is 23.8 Å². The number of hydrogen-bond donors (Lipinski definition) is 1. The zero-order valence-electron chi connectivity index (χ0n) is 14.4. The number of rotatable bonds is 5. The minimum Gasteiger partial charge on any atom is -0.481 e. The number of fused-ring (bicyclic) bond motifs is 4. The Morgan fingerprint density at radius 1 is 1.48 bits per heavy atom. The Bertz CT molecular complexity index is 674. The van der Waals surface area contributed by atoms with E-state index in [2.05, 4.69) is 44.0 Å². The van der Waals surface area contributed by atoms with E-state index in [1.807, 2.05) is 12.1 Å². The maximum Gasteiger partial charge on any atom is 0.213 e. The van der Waals surface area contributed by atoms with Crippen molar-refractivity contribution in [3.63, 3.8) is 0 Å². The number of methoxy groups -OCH3 is 1. The van der Waals surface area contributed by atoms with Crippen LogP contribution in [0.2, 0.25) is 0 Å². The van der Waals surface area contributed by atoms with Crippen LogP contribution in [0.15, 0.2) is 48.1 Å². The van der Waals surface area contributed by atoms with E-state index in [4.69, 9.17) is 9.72 Å². The average Bonchev–Trinajstić information content (AvgIpc) is 2.54. The van der Waals surface area contributed by atoms with Crippen molar-refractivity contribution in [1.82, 2.24) is 10.3 Å². The Morgan fingerprint density at radius 3 is 3.00 bits per heavy atom. The van der Waals surface area contributed by atoms with Gasteiger partial charge in [0.25, 0.3) is 0 Å². The fraction of sp³-hybridized carbons (Fsp3) is 0.450. The lowest BCUT2D eigenvalue weighted by molar-refractivity contribution is 0.322. The van der Waals surface area contributed by atoms with Gasteiger partial charge in [-0.2, -0.15) is 0 Å². The van der Waals surface area contributed by atoms with Crippen molar-refractivity contribution in [3.05, 3.63) is 59.3 Å². The molecule has 0 amide bonds. The Kier molecular flexibility index (Phi) is 4.40. The van der Waals surface area contributed by atoms with Crippen molar-refractivity contribution < 1.29 is 4.74 Å². The summed E-state index contributed by atoms with van der Waals surface area (Å²) >= 11 is 0. The van der Waals surface area contributed by atoms with E-state index in [9.17, 15) is 0 Å². The minimum atomic E-state index is -0.131. The molecule has 2 aliphatic rings. The van der Waals surface area contributed by atoms with Gasteiger partial charge in [0.05, 0.1) is 18.3 Å². The summed E-state index contributed by atoms with van der Waals surface area (Å²) in [4.78, 5) is 4.74. The summed E-state index contributed by atoms with van der Waals surface area (Å²) in [5, 5.41) is 3.83. The maximum absolute atomic E-state index is 5.33. The first-order valence-electron chi connectivity index (χ1n) is 8.39. The number of nitrogens with one attached hydrogen (secondary N) is 1. The molecular formula is C20H26N2O. The van der Waals surface area contributed by atoms with Crippen LogP contribution in [-0.2, 0) is 12.0 Å². The second-order valence-electron chi connectivity index (χ2n) is 6.50. The van der Waals surface area contributed by atoms with Gasteiger partial charge in [0.2, 0.25) is 5.88 Å². The fourth-order valence-electron chi connectivity index (χ4n) is 4.20. The molecule has 0 aliphatic heterocycles. The second-order valence-corrected chi connectivity index (χ2v) is 6.50. The summed E-state index contributed by atoms with van der Waals surface area (Å²) in [6.07, 6.45) is 9.59. The molecule has 1 aromatic heterocycles. The smallest absolute Gasteiger partial charge is 0.213 e. The summed E-state index contributed by atoms with van der Waals surface area (Å²) in [5.74, 6) is 1.13. The van der Waals surface area contributed by atoms with Gasteiger partial charge in [0, 0.05) is 18.4 Å². The van der Waals surface area contributed by atoms with E-state index >= 15 is 0 Å². The quantitative estimate of drug-likeness (QED) is 0.661. The number of pyridine rings is 1. The Labute approximate surface area is 139 Å². The second kappa shape index (κ2) is 6.32. The van der Waals surface area contributed by atoms with Crippen molar-refractivity contribution in [3.8, 4) is 5.88 Å². The number of ether oxygens (including phenoxy) is 1. The van der Waals surface area contributed by atoms with Gasteiger partial charge < -0.3 is 10.1 Å². The van der Waals surface area contributed by atoms with Crippen LogP contribution in [-0.4, -0.2) is 18.6 Å². The molecule has 2 aliphatic carbocycles. The molecule has 1 N–H and O–H groups in total. The van der Waals surface area contributed by atoms with Crippen molar-refractivity contribution in [2.75, 3.05) is 13.7 Å². The predicted octanol–water partition coefficient (Wildman–Crippen LogP) is 3.92. The van der Waals surface area contributed by atoms with Crippen molar-refractivity contribution in [2.45, 2.75) is 38.6 Å². The Balaban J connectivity index is 2.13. The lowest BCUT2D eigenvalue weighted by Crippen LogP contribution is -2.51. The lowest BCUT2D eigenvalue weighted by Gasteiger charge is -2.48. The molecule has 0 fully saturated rings. The topological polar surface area (TPSA) is 34.2 Å². The van der Waals surface area contributed by atoms with Gasteiger partial charge in [0.1, 0.15) is 0 Å². The van der Waals surface area contributed by atoms with E-state index < -0.39 is 0 Å². The molecule has 3 heteroatoms. The number of hydrogen-bond acceptors (Lipinski definition) is 3. The zero-order chi connectivity index (χ0) is 16.4. The summed E-state index contributed by atoms with van der Waals surface area (Å²) in [5.41, 5.74) is 5.27. The lowest BCUT2D eigenvalue weighted by atomic mass is 9.63. The Morgan fingerprint density at radius 2 is 2.30 bits per heavy atom. The van der Waals surface area contributed by atoms with E-state index in [1.165, 1.54) is 16.7 Å². The van der Waals surface area contributed by atoms with E-state index in [0.29, 0.717) is 11.8 Å². The first kappa shape index (κ1) is 16.0. The maximum atomic E-state index is 5.33. The third-order valence-electron chi connectivity index (χ3n) is 5.04. The fourth-order valence-corrected chi connectivity index (χ4v) is 4.20. The number of nitrogens with zero attached hydrogens (tertiary/aromatic N) is 1. The van der Waals surface area contributed by atoms with E-state index in [0.717, 1.165) is 31.5 Å². The summed E-state index contributed by atoms with van der Waals surface area (Å²) in [6, 6.07) is 4.18. The van der Waals surface area contributed by atoms with Crippen LogP contribution in [0.4, 0.5) is 0 Å². The molecule has 0 saturated carbocycles. The molecule has 1 heterocycles. The molecular weight excluding hydrogens is 284 g/mol. The Hall–Kier alpha value is -1.87. The summed E-state index contributed by atoms with van der Waals surface area (Å²) in [6.45, 7) is 9.17. The largest absolute Gasteiger partial charge is 0.481 e. The molecule has 0 aromatic carbocycles. The highest BCUT2D eigenvalue weighted by Crippen LogP contribution is 2.49. The summed E-state index contributed by atoms with van der Waals surface area (Å²) < 4.78 is 5.33. The molecule has 122 valence electrons. The van der Waals surface area contributed by atoms with Crippen LogP contribution in [0.25, 0.3) is 0 Å². The molecule has 0 spiro atoms. The molecule has 1 aromatic rings. The standard InChI is InChI=1S/C20H26N2O/c1-5-7-10-21-20-13-14(3)11-15(16(20)6-2)12-18-17(20)8-9-19(22-18)23-4/h5-6,8-9,11,15,21H,1,7,10,12-13H2,2-4H3/b16-6+/t15-,20+/m0/s1. The van der Waals surface area contributed by atoms with Gasteiger partial charge in [-0.05, 0) is 50.4 Å². The highest BCUT2D eigenvalue weighted by atomic mass is 16.5. The van der Waals surface area contributed by atoms with Crippen LogP contribution in [0.1, 0.15) is 37.9 Å². The van der Waals surface area contributed by atoms with Crippen LogP contribution in [0.5, 0.6) is 5.88 Å². The third kappa shape index (κ3) is 2.63. The van der Waals surface area contributed by atoms with Crippen molar-refractivity contribution >= 4 is 0 Å². The molecule has 0 radical (unpaired) electrons. The molecule has 2 atom stereocenters. The molecule has 3 nitrogen and oxygen atoms in total. The van der Waals surface area contributed by atoms with Crippen LogP contribution >= 0.6 is 0 Å². The molecule has 0 saturated heterocycles. The van der Waals surface area contributed by atoms with Gasteiger partial charge in [-0.25, -0.2) is 4.98 Å². The van der Waals surface area contributed by atoms with Gasteiger partial charge in [-0.3, -0.25) is 0 Å². The highest BCUT2D eigenvalue weighted by Gasteiger charge is 2.46. The van der Waals surface area contributed by atoms with Crippen LogP contribution in [0.3, 0.4) is 0 Å². The molecule has 23 heavy (non-hydrogen) atoms. The first-order valence-corrected chi connectivity index (χ1v) is 8.39. The SMILES string of the molecule is C=CCCN[C@@]12CC(C)=C[C@@H](Cc3nc(OC)ccc31)/C2=C\C. The van der Waals surface area contributed by atoms with Crippen LogP contribution < -0.4 is 10.1 Å².